The first-order valence-electron chi connectivity index (χ1n) is 7.33. The first-order chi connectivity index (χ1) is 8.81. The summed E-state index contributed by atoms with van der Waals surface area (Å²) < 4.78 is 5.31. The van der Waals surface area contributed by atoms with E-state index in [0.29, 0.717) is 5.92 Å². The Hall–Kier alpha value is -0.900. The highest BCUT2D eigenvalue weighted by molar-refractivity contribution is 4.92. The first kappa shape index (κ1) is 13.5. The molecule has 0 saturated heterocycles. The highest BCUT2D eigenvalue weighted by Crippen LogP contribution is 2.31. The largest absolute Gasteiger partial charge is 0.339 e. The topological polar surface area (TPSA) is 64.9 Å². The molecule has 1 unspecified atom stereocenters. The number of rotatable bonds is 9. The average Bonchev–Trinajstić information content (AvgIpc) is 3.05. The molecule has 1 aromatic heterocycles. The summed E-state index contributed by atoms with van der Waals surface area (Å²) >= 11 is 0. The molecule has 0 aromatic carbocycles. The van der Waals surface area contributed by atoms with Crippen LogP contribution in [0.5, 0.6) is 0 Å². The van der Waals surface area contributed by atoms with Gasteiger partial charge < -0.3 is 10.3 Å². The average molecular weight is 251 g/mol. The second-order valence-corrected chi connectivity index (χ2v) is 5.52. The van der Waals surface area contributed by atoms with Crippen LogP contribution in [0.4, 0.5) is 0 Å². The van der Waals surface area contributed by atoms with Crippen LogP contribution in [0.15, 0.2) is 4.52 Å². The van der Waals surface area contributed by atoms with E-state index in [4.69, 9.17) is 10.3 Å². The van der Waals surface area contributed by atoms with Crippen molar-refractivity contribution in [2.45, 2.75) is 58.3 Å². The second kappa shape index (κ2) is 6.88. The van der Waals surface area contributed by atoms with Crippen molar-refractivity contribution >= 4 is 0 Å². The Morgan fingerprint density at radius 1 is 1.33 bits per heavy atom. The van der Waals surface area contributed by atoms with Crippen molar-refractivity contribution in [3.63, 3.8) is 0 Å². The van der Waals surface area contributed by atoms with Gasteiger partial charge in [0.15, 0.2) is 5.82 Å². The Labute approximate surface area is 109 Å². The maximum absolute atomic E-state index is 5.64. The fourth-order valence-electron chi connectivity index (χ4n) is 2.46. The molecule has 18 heavy (non-hydrogen) atoms. The molecular formula is C14H25N3O. The molecule has 4 heteroatoms. The van der Waals surface area contributed by atoms with Crippen LogP contribution in [0.3, 0.4) is 0 Å². The van der Waals surface area contributed by atoms with Gasteiger partial charge in [-0.05, 0) is 44.1 Å². The molecule has 0 radical (unpaired) electrons. The summed E-state index contributed by atoms with van der Waals surface area (Å²) in [5.74, 6) is 3.24. The zero-order chi connectivity index (χ0) is 12.8. The molecule has 1 saturated carbocycles. The lowest BCUT2D eigenvalue weighted by Crippen LogP contribution is -2.09. The SMILES string of the molecule is CCCC(CCN)CCc1nc(CC2CC2)no1. The highest BCUT2D eigenvalue weighted by Gasteiger charge is 2.24. The molecule has 1 aliphatic carbocycles. The summed E-state index contributed by atoms with van der Waals surface area (Å²) in [6.45, 7) is 3.01. The Balaban J connectivity index is 1.74. The van der Waals surface area contributed by atoms with Gasteiger partial charge in [0.25, 0.3) is 0 Å². The molecule has 102 valence electrons. The molecule has 0 bridgehead atoms. The molecule has 1 atom stereocenters. The van der Waals surface area contributed by atoms with Crippen LogP contribution in [-0.4, -0.2) is 16.7 Å². The van der Waals surface area contributed by atoms with Gasteiger partial charge in [-0.3, -0.25) is 0 Å². The molecule has 1 aliphatic rings. The Morgan fingerprint density at radius 2 is 2.17 bits per heavy atom. The third kappa shape index (κ3) is 4.41. The smallest absolute Gasteiger partial charge is 0.226 e. The lowest BCUT2D eigenvalue weighted by atomic mass is 9.94. The van der Waals surface area contributed by atoms with Crippen molar-refractivity contribution in [1.82, 2.24) is 10.1 Å². The van der Waals surface area contributed by atoms with Crippen molar-refractivity contribution in [2.75, 3.05) is 6.54 Å². The molecule has 0 spiro atoms. The molecule has 1 fully saturated rings. The maximum atomic E-state index is 5.64. The van der Waals surface area contributed by atoms with Crippen molar-refractivity contribution in [3.05, 3.63) is 11.7 Å². The third-order valence-electron chi connectivity index (χ3n) is 3.72. The molecule has 2 N–H and O–H groups in total. The number of hydrogen-bond donors (Lipinski definition) is 1. The van der Waals surface area contributed by atoms with Crippen LogP contribution in [-0.2, 0) is 12.8 Å². The van der Waals surface area contributed by atoms with Gasteiger partial charge in [-0.25, -0.2) is 0 Å². The summed E-state index contributed by atoms with van der Waals surface area (Å²) in [5, 5.41) is 4.06. The minimum Gasteiger partial charge on any atom is -0.339 e. The fourth-order valence-corrected chi connectivity index (χ4v) is 2.46. The summed E-state index contributed by atoms with van der Waals surface area (Å²) in [6.07, 6.45) is 9.28. The van der Waals surface area contributed by atoms with Crippen molar-refractivity contribution in [3.8, 4) is 0 Å². The summed E-state index contributed by atoms with van der Waals surface area (Å²) in [7, 11) is 0. The zero-order valence-corrected chi connectivity index (χ0v) is 11.4. The molecule has 0 amide bonds. The minimum absolute atomic E-state index is 0.707. The van der Waals surface area contributed by atoms with E-state index < -0.39 is 0 Å². The van der Waals surface area contributed by atoms with Gasteiger partial charge in [0.2, 0.25) is 5.89 Å². The van der Waals surface area contributed by atoms with Gasteiger partial charge in [0, 0.05) is 12.8 Å². The number of aryl methyl sites for hydroxylation is 1. The molecule has 2 rings (SSSR count). The predicted molar refractivity (Wildman–Crippen MR) is 71.1 cm³/mol. The number of hydrogen-bond acceptors (Lipinski definition) is 4. The van der Waals surface area contributed by atoms with Gasteiger partial charge in [0.1, 0.15) is 0 Å². The minimum atomic E-state index is 0.707. The molecule has 1 aromatic rings. The van der Waals surface area contributed by atoms with E-state index in [1.165, 1.54) is 25.7 Å². The molecule has 0 aliphatic heterocycles. The normalized spacial score (nSPS) is 17.0. The van der Waals surface area contributed by atoms with Crippen molar-refractivity contribution < 1.29 is 4.52 Å². The number of nitrogens with two attached hydrogens (primary N) is 1. The van der Waals surface area contributed by atoms with Gasteiger partial charge in [0.05, 0.1) is 0 Å². The van der Waals surface area contributed by atoms with Gasteiger partial charge >= 0.3 is 0 Å². The van der Waals surface area contributed by atoms with Crippen molar-refractivity contribution in [1.29, 1.82) is 0 Å². The second-order valence-electron chi connectivity index (χ2n) is 5.52. The number of aromatic nitrogens is 2. The Morgan fingerprint density at radius 3 is 2.83 bits per heavy atom. The van der Waals surface area contributed by atoms with Crippen LogP contribution in [0.2, 0.25) is 0 Å². The van der Waals surface area contributed by atoms with Crippen LogP contribution < -0.4 is 5.73 Å². The van der Waals surface area contributed by atoms with E-state index in [-0.39, 0.29) is 0 Å². The van der Waals surface area contributed by atoms with E-state index >= 15 is 0 Å². The van der Waals surface area contributed by atoms with E-state index in [9.17, 15) is 0 Å². The van der Waals surface area contributed by atoms with Crippen LogP contribution >= 0.6 is 0 Å². The summed E-state index contributed by atoms with van der Waals surface area (Å²) in [4.78, 5) is 4.47. The maximum Gasteiger partial charge on any atom is 0.226 e. The van der Waals surface area contributed by atoms with Gasteiger partial charge in [-0.15, -0.1) is 0 Å². The Kier molecular flexibility index (Phi) is 5.17. The summed E-state index contributed by atoms with van der Waals surface area (Å²) in [6, 6.07) is 0. The fraction of sp³-hybridized carbons (Fsp3) is 0.857. The predicted octanol–water partition coefficient (Wildman–Crippen LogP) is 2.72. The van der Waals surface area contributed by atoms with Gasteiger partial charge in [-0.1, -0.05) is 24.9 Å². The molecule has 1 heterocycles. The lowest BCUT2D eigenvalue weighted by molar-refractivity contribution is 0.346. The van der Waals surface area contributed by atoms with E-state index in [2.05, 4.69) is 17.1 Å². The van der Waals surface area contributed by atoms with Crippen LogP contribution in [0.1, 0.15) is 57.2 Å². The monoisotopic (exact) mass is 251 g/mol. The summed E-state index contributed by atoms with van der Waals surface area (Å²) in [5.41, 5.74) is 5.64. The first-order valence-corrected chi connectivity index (χ1v) is 7.33. The Bertz CT molecular complexity index is 341. The van der Waals surface area contributed by atoms with E-state index in [1.807, 2.05) is 0 Å². The molecule has 4 nitrogen and oxygen atoms in total. The van der Waals surface area contributed by atoms with Gasteiger partial charge in [-0.2, -0.15) is 4.98 Å². The molecular weight excluding hydrogens is 226 g/mol. The van der Waals surface area contributed by atoms with E-state index in [0.717, 1.165) is 49.9 Å². The quantitative estimate of drug-likeness (QED) is 0.733. The van der Waals surface area contributed by atoms with E-state index in [1.54, 1.807) is 0 Å². The lowest BCUT2D eigenvalue weighted by Gasteiger charge is -2.13. The van der Waals surface area contributed by atoms with Crippen molar-refractivity contribution in [2.24, 2.45) is 17.6 Å². The standard InChI is InChI=1S/C14H25N3O/c1-2-3-11(8-9-15)6-7-14-16-13(17-18-14)10-12-4-5-12/h11-12H,2-10,15H2,1H3. The van der Waals surface area contributed by atoms with Crippen LogP contribution in [0.25, 0.3) is 0 Å². The number of nitrogens with zero attached hydrogens (tertiary/aromatic N) is 2. The highest BCUT2D eigenvalue weighted by atomic mass is 16.5. The van der Waals surface area contributed by atoms with Crippen LogP contribution in [0, 0.1) is 11.8 Å². The zero-order valence-electron chi connectivity index (χ0n) is 11.4. The third-order valence-corrected chi connectivity index (χ3v) is 3.72.